The molecule has 0 unspecified atom stereocenters. The summed E-state index contributed by atoms with van der Waals surface area (Å²) in [7, 11) is 1.56. The summed E-state index contributed by atoms with van der Waals surface area (Å²) in [5.41, 5.74) is 2.29. The molecule has 0 saturated heterocycles. The molecule has 1 aromatic heterocycles. The lowest BCUT2D eigenvalue weighted by Crippen LogP contribution is -2.08. The SMILES string of the molecule is C=CC(=O)Nc1cccc(-c2nc(COC)no2)c1C. The number of rotatable bonds is 5. The van der Waals surface area contributed by atoms with Gasteiger partial charge in [-0.3, -0.25) is 4.79 Å². The number of hydrogen-bond donors (Lipinski definition) is 1. The average Bonchev–Trinajstić information content (AvgIpc) is 2.90. The fourth-order valence-electron chi connectivity index (χ4n) is 1.74. The summed E-state index contributed by atoms with van der Waals surface area (Å²) in [5, 5.41) is 6.55. The van der Waals surface area contributed by atoms with Crippen molar-refractivity contribution >= 4 is 11.6 Å². The van der Waals surface area contributed by atoms with Crippen molar-refractivity contribution in [2.75, 3.05) is 12.4 Å². The Kier molecular flexibility index (Phi) is 4.27. The lowest BCUT2D eigenvalue weighted by Gasteiger charge is -2.08. The van der Waals surface area contributed by atoms with E-state index >= 15 is 0 Å². The minimum Gasteiger partial charge on any atom is -0.377 e. The number of methoxy groups -OCH3 is 1. The number of hydrogen-bond acceptors (Lipinski definition) is 5. The Hall–Kier alpha value is -2.47. The number of carbonyl (C=O) groups is 1. The molecule has 0 atom stereocenters. The normalized spacial score (nSPS) is 10.3. The molecule has 0 aliphatic rings. The van der Waals surface area contributed by atoms with Crippen LogP contribution in [0.25, 0.3) is 11.5 Å². The van der Waals surface area contributed by atoms with Gasteiger partial charge in [0.25, 0.3) is 5.89 Å². The third-order valence-corrected chi connectivity index (χ3v) is 2.75. The van der Waals surface area contributed by atoms with Crippen LogP contribution in [0.15, 0.2) is 35.4 Å². The summed E-state index contributed by atoms with van der Waals surface area (Å²) in [6, 6.07) is 5.46. The van der Waals surface area contributed by atoms with E-state index in [4.69, 9.17) is 9.26 Å². The first kappa shape index (κ1) is 14.0. The average molecular weight is 273 g/mol. The molecular weight excluding hydrogens is 258 g/mol. The Balaban J connectivity index is 2.33. The van der Waals surface area contributed by atoms with Crippen molar-refractivity contribution in [1.29, 1.82) is 0 Å². The van der Waals surface area contributed by atoms with Crippen molar-refractivity contribution in [3.8, 4) is 11.5 Å². The second kappa shape index (κ2) is 6.12. The van der Waals surface area contributed by atoms with E-state index < -0.39 is 0 Å². The van der Waals surface area contributed by atoms with Gasteiger partial charge < -0.3 is 14.6 Å². The van der Waals surface area contributed by atoms with Crippen LogP contribution in [0, 0.1) is 6.92 Å². The third-order valence-electron chi connectivity index (χ3n) is 2.75. The van der Waals surface area contributed by atoms with E-state index in [1.165, 1.54) is 6.08 Å². The number of carbonyl (C=O) groups excluding carboxylic acids is 1. The van der Waals surface area contributed by atoms with Crippen molar-refractivity contribution < 1.29 is 14.1 Å². The zero-order valence-electron chi connectivity index (χ0n) is 11.3. The lowest BCUT2D eigenvalue weighted by atomic mass is 10.1. The molecule has 1 amide bonds. The predicted molar refractivity (Wildman–Crippen MR) is 74.0 cm³/mol. The third kappa shape index (κ3) is 2.92. The van der Waals surface area contributed by atoms with E-state index in [1.807, 2.05) is 13.0 Å². The Labute approximate surface area is 116 Å². The summed E-state index contributed by atoms with van der Waals surface area (Å²) in [6.45, 7) is 5.58. The van der Waals surface area contributed by atoms with Gasteiger partial charge in [0.2, 0.25) is 5.91 Å². The van der Waals surface area contributed by atoms with Crippen LogP contribution in [0.4, 0.5) is 5.69 Å². The number of nitrogens with one attached hydrogen (secondary N) is 1. The van der Waals surface area contributed by atoms with Gasteiger partial charge in [0, 0.05) is 18.4 Å². The van der Waals surface area contributed by atoms with Crippen LogP contribution in [-0.2, 0) is 16.1 Å². The van der Waals surface area contributed by atoms with Crippen molar-refractivity contribution in [2.45, 2.75) is 13.5 Å². The van der Waals surface area contributed by atoms with Gasteiger partial charge in [-0.05, 0) is 30.7 Å². The number of ether oxygens (including phenoxy) is 1. The van der Waals surface area contributed by atoms with E-state index in [1.54, 1.807) is 19.2 Å². The molecule has 0 aliphatic carbocycles. The fraction of sp³-hybridized carbons (Fsp3) is 0.214. The Morgan fingerprint density at radius 1 is 1.55 bits per heavy atom. The summed E-state index contributed by atoms with van der Waals surface area (Å²) in [6.07, 6.45) is 1.22. The molecule has 104 valence electrons. The highest BCUT2D eigenvalue weighted by atomic mass is 16.5. The van der Waals surface area contributed by atoms with Gasteiger partial charge in [-0.1, -0.05) is 17.8 Å². The molecule has 0 saturated carbocycles. The van der Waals surface area contributed by atoms with Crippen molar-refractivity contribution in [1.82, 2.24) is 10.1 Å². The largest absolute Gasteiger partial charge is 0.377 e. The Morgan fingerprint density at radius 3 is 3.05 bits per heavy atom. The van der Waals surface area contributed by atoms with Crippen LogP contribution in [0.3, 0.4) is 0 Å². The molecule has 2 aromatic rings. The Morgan fingerprint density at radius 2 is 2.35 bits per heavy atom. The van der Waals surface area contributed by atoms with Gasteiger partial charge in [0.15, 0.2) is 5.82 Å². The van der Waals surface area contributed by atoms with Gasteiger partial charge in [0.1, 0.15) is 6.61 Å². The summed E-state index contributed by atoms with van der Waals surface area (Å²) >= 11 is 0. The fourth-order valence-corrected chi connectivity index (χ4v) is 1.74. The standard InChI is InChI=1S/C14H15N3O3/c1-4-13(18)15-11-7-5-6-10(9(11)2)14-16-12(8-19-3)17-20-14/h4-7H,1,8H2,2-3H3,(H,15,18). The van der Waals surface area contributed by atoms with Crippen molar-refractivity contribution in [2.24, 2.45) is 0 Å². The molecule has 0 spiro atoms. The monoisotopic (exact) mass is 273 g/mol. The molecule has 0 fully saturated rings. The zero-order valence-corrected chi connectivity index (χ0v) is 11.3. The molecule has 2 rings (SSSR count). The molecule has 6 heteroatoms. The quantitative estimate of drug-likeness (QED) is 0.846. The number of aromatic nitrogens is 2. The molecule has 1 heterocycles. The van der Waals surface area contributed by atoms with Gasteiger partial charge in [-0.15, -0.1) is 0 Å². The molecule has 1 N–H and O–H groups in total. The molecular formula is C14H15N3O3. The highest BCUT2D eigenvalue weighted by molar-refractivity contribution is 5.99. The first-order chi connectivity index (χ1) is 9.65. The zero-order chi connectivity index (χ0) is 14.5. The van der Waals surface area contributed by atoms with E-state index in [9.17, 15) is 4.79 Å². The van der Waals surface area contributed by atoms with E-state index in [0.717, 1.165) is 11.1 Å². The summed E-state index contributed by atoms with van der Waals surface area (Å²) in [5.74, 6) is 0.600. The molecule has 20 heavy (non-hydrogen) atoms. The van der Waals surface area contributed by atoms with Crippen LogP contribution in [0.1, 0.15) is 11.4 Å². The van der Waals surface area contributed by atoms with Crippen LogP contribution in [0.5, 0.6) is 0 Å². The van der Waals surface area contributed by atoms with E-state index in [2.05, 4.69) is 22.0 Å². The van der Waals surface area contributed by atoms with Crippen LogP contribution >= 0.6 is 0 Å². The van der Waals surface area contributed by atoms with Gasteiger partial charge >= 0.3 is 0 Å². The molecule has 1 aromatic carbocycles. The molecule has 0 bridgehead atoms. The molecule has 0 radical (unpaired) electrons. The van der Waals surface area contributed by atoms with Crippen LogP contribution < -0.4 is 5.32 Å². The number of anilines is 1. The number of nitrogens with zero attached hydrogens (tertiary/aromatic N) is 2. The van der Waals surface area contributed by atoms with Crippen LogP contribution in [-0.4, -0.2) is 23.2 Å². The second-order valence-electron chi connectivity index (χ2n) is 4.12. The number of benzene rings is 1. The smallest absolute Gasteiger partial charge is 0.258 e. The topological polar surface area (TPSA) is 77.2 Å². The maximum absolute atomic E-state index is 11.4. The van der Waals surface area contributed by atoms with Gasteiger partial charge in [-0.2, -0.15) is 4.98 Å². The van der Waals surface area contributed by atoms with Crippen molar-refractivity contribution in [3.63, 3.8) is 0 Å². The van der Waals surface area contributed by atoms with Gasteiger partial charge in [0.05, 0.1) is 0 Å². The number of amides is 1. The minimum atomic E-state index is -0.268. The van der Waals surface area contributed by atoms with E-state index in [0.29, 0.717) is 17.4 Å². The highest BCUT2D eigenvalue weighted by Gasteiger charge is 2.13. The van der Waals surface area contributed by atoms with E-state index in [-0.39, 0.29) is 12.5 Å². The molecule has 0 aliphatic heterocycles. The highest BCUT2D eigenvalue weighted by Crippen LogP contribution is 2.27. The predicted octanol–water partition coefficient (Wildman–Crippen LogP) is 2.32. The first-order valence-electron chi connectivity index (χ1n) is 6.00. The van der Waals surface area contributed by atoms with Gasteiger partial charge in [-0.25, -0.2) is 0 Å². The molecule has 6 nitrogen and oxygen atoms in total. The van der Waals surface area contributed by atoms with Crippen molar-refractivity contribution in [3.05, 3.63) is 42.2 Å². The first-order valence-corrected chi connectivity index (χ1v) is 6.00. The summed E-state index contributed by atoms with van der Waals surface area (Å²) < 4.78 is 10.1. The van der Waals surface area contributed by atoms with Crippen LogP contribution in [0.2, 0.25) is 0 Å². The minimum absolute atomic E-state index is 0.268. The summed E-state index contributed by atoms with van der Waals surface area (Å²) in [4.78, 5) is 15.6. The maximum Gasteiger partial charge on any atom is 0.258 e. The second-order valence-corrected chi connectivity index (χ2v) is 4.12. The maximum atomic E-state index is 11.4. The Bertz CT molecular complexity index is 634. The lowest BCUT2D eigenvalue weighted by molar-refractivity contribution is -0.111.